The Hall–Kier alpha value is -2.01. The van der Waals surface area contributed by atoms with Crippen molar-refractivity contribution in [3.8, 4) is 11.5 Å². The number of nitrogen functional groups attached to an aromatic ring is 1. The fraction of sp³-hybridized carbons (Fsp3) is 0.200. The summed E-state index contributed by atoms with van der Waals surface area (Å²) in [6, 6.07) is 12.2. The standard InChI is InChI=1S/C15H17NO3S/c1-3-11-5-4-6-12(9-11)19-15-8-7-13(10-14(15)16)20(2,17)18/h4-10H,3,16H2,1-2H3. The van der Waals surface area contributed by atoms with E-state index in [1.165, 1.54) is 12.1 Å². The third-order valence-electron chi connectivity index (χ3n) is 2.94. The van der Waals surface area contributed by atoms with Gasteiger partial charge in [0.05, 0.1) is 10.6 Å². The van der Waals surface area contributed by atoms with Crippen molar-refractivity contribution in [3.63, 3.8) is 0 Å². The molecule has 106 valence electrons. The summed E-state index contributed by atoms with van der Waals surface area (Å²) in [6.45, 7) is 2.06. The van der Waals surface area contributed by atoms with Crippen molar-refractivity contribution >= 4 is 15.5 Å². The van der Waals surface area contributed by atoms with E-state index >= 15 is 0 Å². The van der Waals surface area contributed by atoms with E-state index in [-0.39, 0.29) is 4.90 Å². The number of hydrogen-bond acceptors (Lipinski definition) is 4. The van der Waals surface area contributed by atoms with Crippen LogP contribution in [0.2, 0.25) is 0 Å². The first-order chi connectivity index (χ1) is 9.40. The molecule has 0 spiro atoms. The van der Waals surface area contributed by atoms with Crippen molar-refractivity contribution in [2.75, 3.05) is 12.0 Å². The Kier molecular flexibility index (Phi) is 3.99. The van der Waals surface area contributed by atoms with Gasteiger partial charge in [0.1, 0.15) is 11.5 Å². The van der Waals surface area contributed by atoms with E-state index in [1.54, 1.807) is 6.07 Å². The number of rotatable bonds is 4. The molecule has 2 N–H and O–H groups in total. The van der Waals surface area contributed by atoms with Crippen LogP contribution in [0.25, 0.3) is 0 Å². The van der Waals surface area contributed by atoms with Crippen LogP contribution < -0.4 is 10.5 Å². The van der Waals surface area contributed by atoms with E-state index in [4.69, 9.17) is 10.5 Å². The zero-order valence-corrected chi connectivity index (χ0v) is 12.3. The molecule has 4 nitrogen and oxygen atoms in total. The van der Waals surface area contributed by atoms with Crippen molar-refractivity contribution in [1.82, 2.24) is 0 Å². The van der Waals surface area contributed by atoms with Gasteiger partial charge >= 0.3 is 0 Å². The molecule has 5 heteroatoms. The zero-order valence-electron chi connectivity index (χ0n) is 11.5. The zero-order chi connectivity index (χ0) is 14.8. The summed E-state index contributed by atoms with van der Waals surface area (Å²) in [5.74, 6) is 1.13. The molecule has 0 aromatic heterocycles. The van der Waals surface area contributed by atoms with Crippen molar-refractivity contribution in [3.05, 3.63) is 48.0 Å². The highest BCUT2D eigenvalue weighted by atomic mass is 32.2. The van der Waals surface area contributed by atoms with E-state index in [2.05, 4.69) is 6.92 Å². The molecule has 0 bridgehead atoms. The SMILES string of the molecule is CCc1cccc(Oc2ccc(S(C)(=O)=O)cc2N)c1. The summed E-state index contributed by atoms with van der Waals surface area (Å²) in [6.07, 6.45) is 2.06. The molecule has 0 fully saturated rings. The van der Waals surface area contributed by atoms with Crippen LogP contribution in [0.1, 0.15) is 12.5 Å². The fourth-order valence-electron chi connectivity index (χ4n) is 1.81. The number of anilines is 1. The highest BCUT2D eigenvalue weighted by Crippen LogP contribution is 2.29. The summed E-state index contributed by atoms with van der Waals surface area (Å²) in [5, 5.41) is 0. The largest absolute Gasteiger partial charge is 0.455 e. The molecular weight excluding hydrogens is 274 g/mol. The van der Waals surface area contributed by atoms with Crippen LogP contribution in [0.4, 0.5) is 5.69 Å². The minimum Gasteiger partial charge on any atom is -0.455 e. The molecule has 0 saturated carbocycles. The quantitative estimate of drug-likeness (QED) is 0.879. The van der Waals surface area contributed by atoms with Gasteiger partial charge in [0.15, 0.2) is 9.84 Å². The molecule has 0 aliphatic carbocycles. The third-order valence-corrected chi connectivity index (χ3v) is 4.05. The van der Waals surface area contributed by atoms with E-state index in [0.717, 1.165) is 18.2 Å². The second-order valence-electron chi connectivity index (χ2n) is 4.57. The van der Waals surface area contributed by atoms with Crippen molar-refractivity contribution in [1.29, 1.82) is 0 Å². The summed E-state index contributed by atoms with van der Waals surface area (Å²) in [5.41, 5.74) is 7.31. The highest BCUT2D eigenvalue weighted by Gasteiger charge is 2.10. The predicted molar refractivity (Wildman–Crippen MR) is 79.9 cm³/mol. The maximum absolute atomic E-state index is 11.4. The van der Waals surface area contributed by atoms with Gasteiger partial charge in [-0.2, -0.15) is 0 Å². The Morgan fingerprint density at radius 2 is 1.90 bits per heavy atom. The lowest BCUT2D eigenvalue weighted by molar-refractivity contribution is 0.484. The molecule has 0 atom stereocenters. The van der Waals surface area contributed by atoms with Crippen molar-refractivity contribution < 1.29 is 13.2 Å². The molecule has 0 unspecified atom stereocenters. The van der Waals surface area contributed by atoms with Crippen LogP contribution in [-0.2, 0) is 16.3 Å². The lowest BCUT2D eigenvalue weighted by atomic mass is 10.2. The number of sulfone groups is 1. The first-order valence-corrected chi connectivity index (χ1v) is 8.15. The van der Waals surface area contributed by atoms with Crippen LogP contribution in [0.5, 0.6) is 11.5 Å². The maximum atomic E-state index is 11.4. The summed E-state index contributed by atoms with van der Waals surface area (Å²) < 4.78 is 28.6. The smallest absolute Gasteiger partial charge is 0.175 e. The predicted octanol–water partition coefficient (Wildman–Crippen LogP) is 3.03. The van der Waals surface area contributed by atoms with Gasteiger partial charge in [0.25, 0.3) is 0 Å². The van der Waals surface area contributed by atoms with Gasteiger partial charge in [-0.15, -0.1) is 0 Å². The number of hydrogen-bond donors (Lipinski definition) is 1. The molecule has 0 radical (unpaired) electrons. The van der Waals surface area contributed by atoms with Crippen LogP contribution in [-0.4, -0.2) is 14.7 Å². The minimum atomic E-state index is -3.26. The first-order valence-electron chi connectivity index (χ1n) is 6.26. The molecular formula is C15H17NO3S. The maximum Gasteiger partial charge on any atom is 0.175 e. The third kappa shape index (κ3) is 3.30. The molecule has 0 amide bonds. The van der Waals surface area contributed by atoms with E-state index < -0.39 is 9.84 Å². The van der Waals surface area contributed by atoms with Gasteiger partial charge in [-0.25, -0.2) is 8.42 Å². The topological polar surface area (TPSA) is 69.4 Å². The monoisotopic (exact) mass is 291 g/mol. The van der Waals surface area contributed by atoms with E-state index in [0.29, 0.717) is 17.2 Å². The van der Waals surface area contributed by atoms with Crippen LogP contribution >= 0.6 is 0 Å². The average Bonchev–Trinajstić information content (AvgIpc) is 2.40. The molecule has 2 aromatic carbocycles. The number of ether oxygens (including phenoxy) is 1. The normalized spacial score (nSPS) is 11.3. The Labute approximate surface area is 119 Å². The fourth-order valence-corrected chi connectivity index (χ4v) is 2.46. The van der Waals surface area contributed by atoms with Gasteiger partial charge in [-0.1, -0.05) is 19.1 Å². The van der Waals surface area contributed by atoms with Crippen LogP contribution in [0.15, 0.2) is 47.4 Å². The number of benzene rings is 2. The van der Waals surface area contributed by atoms with Gasteiger partial charge in [0.2, 0.25) is 0 Å². The molecule has 20 heavy (non-hydrogen) atoms. The Morgan fingerprint density at radius 3 is 2.50 bits per heavy atom. The second-order valence-corrected chi connectivity index (χ2v) is 6.59. The highest BCUT2D eigenvalue weighted by molar-refractivity contribution is 7.90. The summed E-state index contributed by atoms with van der Waals surface area (Å²) in [4.78, 5) is 0.185. The molecule has 0 heterocycles. The van der Waals surface area contributed by atoms with E-state index in [1.807, 2.05) is 24.3 Å². The Bertz CT molecular complexity index is 724. The Balaban J connectivity index is 2.30. The number of nitrogens with two attached hydrogens (primary N) is 1. The average molecular weight is 291 g/mol. The molecule has 0 aliphatic heterocycles. The lowest BCUT2D eigenvalue weighted by Crippen LogP contribution is -2.00. The first kappa shape index (κ1) is 14.4. The van der Waals surface area contributed by atoms with Crippen LogP contribution in [0, 0.1) is 0 Å². The van der Waals surface area contributed by atoms with Crippen molar-refractivity contribution in [2.24, 2.45) is 0 Å². The minimum absolute atomic E-state index is 0.185. The number of aryl methyl sites for hydroxylation is 1. The van der Waals surface area contributed by atoms with Gasteiger partial charge in [-0.05, 0) is 42.3 Å². The van der Waals surface area contributed by atoms with E-state index in [9.17, 15) is 8.42 Å². The van der Waals surface area contributed by atoms with Gasteiger partial charge < -0.3 is 10.5 Å². The summed E-state index contributed by atoms with van der Waals surface area (Å²) >= 11 is 0. The van der Waals surface area contributed by atoms with Crippen LogP contribution in [0.3, 0.4) is 0 Å². The van der Waals surface area contributed by atoms with Crippen molar-refractivity contribution in [2.45, 2.75) is 18.2 Å². The molecule has 0 aliphatic rings. The van der Waals surface area contributed by atoms with Gasteiger partial charge in [-0.3, -0.25) is 0 Å². The summed E-state index contributed by atoms with van der Waals surface area (Å²) in [7, 11) is -3.26. The van der Waals surface area contributed by atoms with Gasteiger partial charge in [0, 0.05) is 6.26 Å². The second kappa shape index (κ2) is 5.54. The Morgan fingerprint density at radius 1 is 1.15 bits per heavy atom. The lowest BCUT2D eigenvalue weighted by Gasteiger charge is -2.10. The molecule has 2 aromatic rings. The molecule has 0 saturated heterocycles. The molecule has 2 rings (SSSR count).